The van der Waals surface area contributed by atoms with Crippen LogP contribution in [0.5, 0.6) is 5.75 Å². The summed E-state index contributed by atoms with van der Waals surface area (Å²) in [4.78, 5) is 4.65. The van der Waals surface area contributed by atoms with Gasteiger partial charge in [0, 0.05) is 5.54 Å². The Hall–Kier alpha value is -1.95. The second-order valence-electron chi connectivity index (χ2n) is 7.18. The second-order valence-corrected chi connectivity index (χ2v) is 8.41. The maximum Gasteiger partial charge on any atom is 0.123 e. The van der Waals surface area contributed by atoms with Crippen molar-refractivity contribution in [1.29, 1.82) is 0 Å². The van der Waals surface area contributed by atoms with Crippen molar-refractivity contribution >= 4 is 21.6 Å². The molecule has 0 radical (unpaired) electrons. The van der Waals surface area contributed by atoms with Gasteiger partial charge in [0.15, 0.2) is 0 Å². The molecule has 0 unspecified atom stereocenters. The number of thiazole rings is 1. The van der Waals surface area contributed by atoms with E-state index in [9.17, 15) is 0 Å². The first-order valence-corrected chi connectivity index (χ1v) is 9.92. The van der Waals surface area contributed by atoms with E-state index >= 15 is 0 Å². The molecule has 0 bridgehead atoms. The summed E-state index contributed by atoms with van der Waals surface area (Å²) in [5.74, 6) is 0.906. The van der Waals surface area contributed by atoms with Gasteiger partial charge in [0.05, 0.1) is 28.4 Å². The quantitative estimate of drug-likeness (QED) is 0.732. The molecule has 1 fully saturated rings. The molecule has 0 spiro atoms. The average Bonchev–Trinajstić information content (AvgIpc) is 3.00. The van der Waals surface area contributed by atoms with Gasteiger partial charge < -0.3 is 15.8 Å². The number of nitrogens with zero attached hydrogens (tertiary/aromatic N) is 1. The monoisotopic (exact) mass is 367 g/mol. The van der Waals surface area contributed by atoms with Gasteiger partial charge in [-0.25, -0.2) is 4.98 Å². The molecular weight excluding hydrogens is 342 g/mol. The predicted molar refractivity (Wildman–Crippen MR) is 108 cm³/mol. The van der Waals surface area contributed by atoms with Crippen LogP contribution in [-0.4, -0.2) is 24.2 Å². The smallest absolute Gasteiger partial charge is 0.123 e. The van der Waals surface area contributed by atoms with Crippen LogP contribution >= 0.6 is 11.3 Å². The first-order valence-electron chi connectivity index (χ1n) is 9.10. The third-order valence-electron chi connectivity index (χ3n) is 5.29. The Bertz CT molecular complexity index is 908. The minimum atomic E-state index is -0.356. The molecular formula is C21H25N3OS. The number of aromatic nitrogens is 1. The van der Waals surface area contributed by atoms with Gasteiger partial charge in [-0.05, 0) is 56.0 Å². The van der Waals surface area contributed by atoms with Gasteiger partial charge in [0.1, 0.15) is 5.75 Å². The molecule has 2 aromatic carbocycles. The molecule has 0 saturated carbocycles. The van der Waals surface area contributed by atoms with E-state index in [1.165, 1.54) is 5.56 Å². The summed E-state index contributed by atoms with van der Waals surface area (Å²) in [6, 6.07) is 14.9. The van der Waals surface area contributed by atoms with E-state index < -0.39 is 0 Å². The highest BCUT2D eigenvalue weighted by atomic mass is 32.1. The molecule has 5 heteroatoms. The molecule has 4 rings (SSSR count). The highest BCUT2D eigenvalue weighted by molar-refractivity contribution is 7.18. The Morgan fingerprint density at radius 2 is 2.12 bits per heavy atom. The lowest BCUT2D eigenvalue weighted by Gasteiger charge is -2.42. The lowest BCUT2D eigenvalue weighted by Crippen LogP contribution is -2.56. The summed E-state index contributed by atoms with van der Waals surface area (Å²) in [7, 11) is 1.73. The fourth-order valence-electron chi connectivity index (χ4n) is 4.09. The van der Waals surface area contributed by atoms with Crippen LogP contribution in [-0.2, 0) is 6.42 Å². The van der Waals surface area contributed by atoms with Crippen LogP contribution in [0.25, 0.3) is 10.2 Å². The third kappa shape index (κ3) is 3.22. The molecule has 3 N–H and O–H groups in total. The highest BCUT2D eigenvalue weighted by Crippen LogP contribution is 2.38. The summed E-state index contributed by atoms with van der Waals surface area (Å²) >= 11 is 1.70. The predicted octanol–water partition coefficient (Wildman–Crippen LogP) is 3.98. The Morgan fingerprint density at radius 1 is 1.31 bits per heavy atom. The molecule has 1 saturated heterocycles. The van der Waals surface area contributed by atoms with Crippen LogP contribution in [0.3, 0.4) is 0 Å². The van der Waals surface area contributed by atoms with Crippen molar-refractivity contribution in [3.63, 3.8) is 0 Å². The molecule has 26 heavy (non-hydrogen) atoms. The highest BCUT2D eigenvalue weighted by Gasteiger charge is 2.38. The molecule has 136 valence electrons. The van der Waals surface area contributed by atoms with Crippen molar-refractivity contribution in [1.82, 2.24) is 10.3 Å². The number of fused-ring (bicyclic) bond motifs is 1. The van der Waals surface area contributed by atoms with Crippen molar-refractivity contribution < 1.29 is 4.74 Å². The molecule has 2 heterocycles. The van der Waals surface area contributed by atoms with Crippen LogP contribution in [0.2, 0.25) is 0 Å². The fraction of sp³-hybridized carbons (Fsp3) is 0.381. The van der Waals surface area contributed by atoms with Gasteiger partial charge in [-0.2, -0.15) is 0 Å². The van der Waals surface area contributed by atoms with E-state index in [2.05, 4.69) is 46.7 Å². The maximum atomic E-state index is 7.00. The van der Waals surface area contributed by atoms with Gasteiger partial charge >= 0.3 is 0 Å². The van der Waals surface area contributed by atoms with E-state index in [-0.39, 0.29) is 11.6 Å². The molecule has 2 atom stereocenters. The Balaban J connectivity index is 1.72. The van der Waals surface area contributed by atoms with Crippen molar-refractivity contribution in [3.8, 4) is 5.75 Å². The van der Waals surface area contributed by atoms with Gasteiger partial charge in [-0.15, -0.1) is 11.3 Å². The summed E-state index contributed by atoms with van der Waals surface area (Å²) in [6.07, 6.45) is 2.83. The van der Waals surface area contributed by atoms with Crippen molar-refractivity contribution in [3.05, 3.63) is 58.6 Å². The molecule has 0 amide bonds. The maximum absolute atomic E-state index is 7.00. The van der Waals surface area contributed by atoms with Gasteiger partial charge in [0.2, 0.25) is 0 Å². The SMILES string of the molecule is COc1cc2sc(C)nc2cc1C[C@@]1(N)CCCN[C@H]1c1ccccc1. The molecule has 1 aliphatic heterocycles. The number of hydrogen-bond acceptors (Lipinski definition) is 5. The number of aryl methyl sites for hydroxylation is 1. The van der Waals surface area contributed by atoms with E-state index in [1.54, 1.807) is 18.4 Å². The van der Waals surface area contributed by atoms with Crippen molar-refractivity contribution in [2.75, 3.05) is 13.7 Å². The van der Waals surface area contributed by atoms with E-state index in [0.29, 0.717) is 0 Å². The minimum Gasteiger partial charge on any atom is -0.496 e. The Kier molecular flexibility index (Phi) is 4.69. The van der Waals surface area contributed by atoms with Crippen LogP contribution in [0, 0.1) is 6.92 Å². The van der Waals surface area contributed by atoms with Crippen molar-refractivity contribution in [2.24, 2.45) is 5.73 Å². The Morgan fingerprint density at radius 3 is 2.88 bits per heavy atom. The van der Waals surface area contributed by atoms with E-state index in [4.69, 9.17) is 10.5 Å². The summed E-state index contributed by atoms with van der Waals surface area (Å²) in [5.41, 5.74) is 10.1. The van der Waals surface area contributed by atoms with Crippen LogP contribution in [0.4, 0.5) is 0 Å². The first-order chi connectivity index (χ1) is 12.6. The van der Waals surface area contributed by atoms with E-state index in [0.717, 1.165) is 52.3 Å². The lowest BCUT2D eigenvalue weighted by molar-refractivity contribution is 0.228. The van der Waals surface area contributed by atoms with Gasteiger partial charge in [-0.3, -0.25) is 0 Å². The van der Waals surface area contributed by atoms with Gasteiger partial charge in [-0.1, -0.05) is 30.3 Å². The first kappa shape index (κ1) is 17.5. The zero-order chi connectivity index (χ0) is 18.1. The third-order valence-corrected chi connectivity index (χ3v) is 6.23. The number of hydrogen-bond donors (Lipinski definition) is 2. The average molecular weight is 368 g/mol. The number of piperidine rings is 1. The summed E-state index contributed by atoms with van der Waals surface area (Å²) in [5, 5.41) is 4.72. The molecule has 0 aliphatic carbocycles. The number of nitrogens with one attached hydrogen (secondary N) is 1. The number of rotatable bonds is 4. The number of benzene rings is 2. The number of ether oxygens (including phenoxy) is 1. The standard InChI is InChI=1S/C21H25N3OS/c1-14-24-17-11-16(18(25-2)12-19(17)26-14)13-21(22)9-6-10-23-20(21)15-7-4-3-5-8-15/h3-5,7-8,11-12,20,23H,6,9-10,13,22H2,1-2H3/t20-,21-/m0/s1. The lowest BCUT2D eigenvalue weighted by atomic mass is 9.75. The van der Waals surface area contributed by atoms with Crippen molar-refractivity contribution in [2.45, 2.75) is 37.8 Å². The zero-order valence-electron chi connectivity index (χ0n) is 15.3. The Labute approximate surface area is 158 Å². The van der Waals surface area contributed by atoms with Crippen LogP contribution < -0.4 is 15.8 Å². The fourth-order valence-corrected chi connectivity index (χ4v) is 4.93. The summed E-state index contributed by atoms with van der Waals surface area (Å²) in [6.45, 7) is 3.04. The largest absolute Gasteiger partial charge is 0.496 e. The molecule has 3 aromatic rings. The van der Waals surface area contributed by atoms with E-state index in [1.807, 2.05) is 13.0 Å². The topological polar surface area (TPSA) is 60.2 Å². The van der Waals surface area contributed by atoms with Crippen LogP contribution in [0.15, 0.2) is 42.5 Å². The molecule has 1 aromatic heterocycles. The second kappa shape index (κ2) is 6.99. The van der Waals surface area contributed by atoms with Gasteiger partial charge in [0.25, 0.3) is 0 Å². The normalized spacial score (nSPS) is 23.3. The summed E-state index contributed by atoms with van der Waals surface area (Å²) < 4.78 is 6.86. The van der Waals surface area contributed by atoms with Crippen LogP contribution in [0.1, 0.15) is 35.0 Å². The molecule has 1 aliphatic rings. The minimum absolute atomic E-state index is 0.134. The number of nitrogens with two attached hydrogens (primary N) is 1. The zero-order valence-corrected chi connectivity index (χ0v) is 16.1. The molecule has 4 nitrogen and oxygen atoms in total. The number of methoxy groups -OCH3 is 1.